The fourth-order valence-electron chi connectivity index (χ4n) is 1.83. The zero-order chi connectivity index (χ0) is 12.7. The molecule has 6 nitrogen and oxygen atoms in total. The van der Waals surface area contributed by atoms with Crippen LogP contribution in [-0.4, -0.2) is 31.3 Å². The molecule has 1 aromatic heterocycles. The van der Waals surface area contributed by atoms with Gasteiger partial charge in [-0.3, -0.25) is 0 Å². The molecule has 0 radical (unpaired) electrons. The van der Waals surface area contributed by atoms with Crippen LogP contribution in [0.1, 0.15) is 34.9 Å². The Hall–Kier alpha value is -1.76. The minimum Gasteiger partial charge on any atom is -0.478 e. The van der Waals surface area contributed by atoms with Crippen molar-refractivity contribution in [2.24, 2.45) is 0 Å². The highest BCUT2D eigenvalue weighted by Crippen LogP contribution is 2.39. The molecule has 1 aliphatic rings. The molecule has 1 saturated carbocycles. The minimum atomic E-state index is -0.997. The summed E-state index contributed by atoms with van der Waals surface area (Å²) >= 11 is 3.26. The van der Waals surface area contributed by atoms with E-state index in [1.807, 2.05) is 0 Å². The van der Waals surface area contributed by atoms with Gasteiger partial charge in [-0.25, -0.2) is 4.79 Å². The van der Waals surface area contributed by atoms with E-state index in [1.165, 1.54) is 4.68 Å². The molecule has 2 aromatic rings. The quantitative estimate of drug-likeness (QED) is 0.938. The van der Waals surface area contributed by atoms with Crippen molar-refractivity contribution in [2.75, 3.05) is 0 Å². The predicted octanol–water partition coefficient (Wildman–Crippen LogP) is 2.00. The van der Waals surface area contributed by atoms with Gasteiger partial charge in [0.15, 0.2) is 5.82 Å². The summed E-state index contributed by atoms with van der Waals surface area (Å²) in [7, 11) is 0. The van der Waals surface area contributed by atoms with Crippen molar-refractivity contribution in [3.8, 4) is 5.69 Å². The Morgan fingerprint density at radius 3 is 2.89 bits per heavy atom. The van der Waals surface area contributed by atoms with Crippen LogP contribution in [0.15, 0.2) is 22.7 Å². The first-order chi connectivity index (χ1) is 8.66. The smallest absolute Gasteiger partial charge is 0.337 e. The van der Waals surface area contributed by atoms with Crippen LogP contribution in [0, 0.1) is 0 Å². The van der Waals surface area contributed by atoms with Crippen LogP contribution in [0.5, 0.6) is 0 Å². The number of hydrogen-bond donors (Lipinski definition) is 1. The third-order valence-corrected chi connectivity index (χ3v) is 3.35. The molecule has 0 atom stereocenters. The SMILES string of the molecule is O=C(O)c1cc(Br)ccc1-n1nnnc1C1CC1. The third-order valence-electron chi connectivity index (χ3n) is 2.85. The van der Waals surface area contributed by atoms with Crippen molar-refractivity contribution < 1.29 is 9.90 Å². The van der Waals surface area contributed by atoms with E-state index in [9.17, 15) is 9.90 Å². The molecule has 0 saturated heterocycles. The van der Waals surface area contributed by atoms with Crippen molar-refractivity contribution in [3.63, 3.8) is 0 Å². The number of rotatable bonds is 3. The maximum Gasteiger partial charge on any atom is 0.337 e. The van der Waals surface area contributed by atoms with Crippen molar-refractivity contribution in [1.82, 2.24) is 20.2 Å². The standard InChI is InChI=1S/C11H9BrN4O2/c12-7-3-4-9(8(5-7)11(17)18)16-10(6-1-2-6)13-14-15-16/h3-6H,1-2H2,(H,17,18). The number of carboxylic acids is 1. The summed E-state index contributed by atoms with van der Waals surface area (Å²) < 4.78 is 2.23. The highest BCUT2D eigenvalue weighted by atomic mass is 79.9. The number of benzene rings is 1. The van der Waals surface area contributed by atoms with Crippen LogP contribution < -0.4 is 0 Å². The summed E-state index contributed by atoms with van der Waals surface area (Å²) in [5.41, 5.74) is 0.677. The molecule has 1 aliphatic carbocycles. The van der Waals surface area contributed by atoms with Crippen LogP contribution in [-0.2, 0) is 0 Å². The van der Waals surface area contributed by atoms with Gasteiger partial charge in [0.05, 0.1) is 11.3 Å². The van der Waals surface area contributed by atoms with Crippen LogP contribution in [0.25, 0.3) is 5.69 Å². The number of carboxylic acid groups (broad SMARTS) is 1. The fraction of sp³-hybridized carbons (Fsp3) is 0.273. The van der Waals surface area contributed by atoms with Gasteiger partial charge in [0, 0.05) is 10.4 Å². The van der Waals surface area contributed by atoms with E-state index in [0.717, 1.165) is 18.7 Å². The Kier molecular flexibility index (Phi) is 2.62. The highest BCUT2D eigenvalue weighted by molar-refractivity contribution is 9.10. The Labute approximate surface area is 111 Å². The number of nitrogens with zero attached hydrogens (tertiary/aromatic N) is 4. The topological polar surface area (TPSA) is 80.9 Å². The van der Waals surface area contributed by atoms with Gasteiger partial charge in [-0.1, -0.05) is 15.9 Å². The summed E-state index contributed by atoms with van der Waals surface area (Å²) in [5, 5.41) is 20.7. The Balaban J connectivity index is 2.15. The zero-order valence-electron chi connectivity index (χ0n) is 9.25. The van der Waals surface area contributed by atoms with Gasteiger partial charge in [0.1, 0.15) is 0 Å². The lowest BCUT2D eigenvalue weighted by molar-refractivity contribution is 0.0696. The predicted molar refractivity (Wildman–Crippen MR) is 65.8 cm³/mol. The number of tetrazole rings is 1. The molecule has 0 amide bonds. The molecule has 0 bridgehead atoms. The second-order valence-electron chi connectivity index (χ2n) is 4.19. The third kappa shape index (κ3) is 1.90. The van der Waals surface area contributed by atoms with Crippen LogP contribution in [0.4, 0.5) is 0 Å². The van der Waals surface area contributed by atoms with E-state index >= 15 is 0 Å². The molecule has 7 heteroatoms. The maximum atomic E-state index is 11.3. The summed E-state index contributed by atoms with van der Waals surface area (Å²) in [6.07, 6.45) is 2.11. The Bertz CT molecular complexity index is 621. The first-order valence-corrected chi connectivity index (χ1v) is 6.27. The van der Waals surface area contributed by atoms with Crippen LogP contribution in [0.2, 0.25) is 0 Å². The van der Waals surface area contributed by atoms with Crippen molar-refractivity contribution in [2.45, 2.75) is 18.8 Å². The van der Waals surface area contributed by atoms with Gasteiger partial charge in [-0.2, -0.15) is 4.68 Å². The second kappa shape index (κ2) is 4.16. The van der Waals surface area contributed by atoms with Gasteiger partial charge >= 0.3 is 5.97 Å². The summed E-state index contributed by atoms with van der Waals surface area (Å²) in [6, 6.07) is 5.03. The van der Waals surface area contributed by atoms with Gasteiger partial charge < -0.3 is 5.11 Å². The molecule has 18 heavy (non-hydrogen) atoms. The number of aromatic nitrogens is 4. The van der Waals surface area contributed by atoms with Crippen molar-refractivity contribution in [3.05, 3.63) is 34.1 Å². The molecule has 3 rings (SSSR count). The molecular weight excluding hydrogens is 300 g/mol. The largest absolute Gasteiger partial charge is 0.478 e. The van der Waals surface area contributed by atoms with Crippen molar-refractivity contribution >= 4 is 21.9 Å². The van der Waals surface area contributed by atoms with Crippen LogP contribution >= 0.6 is 15.9 Å². The van der Waals surface area contributed by atoms with E-state index in [4.69, 9.17) is 0 Å². The number of halogens is 1. The van der Waals surface area contributed by atoms with E-state index in [2.05, 4.69) is 31.5 Å². The molecule has 1 heterocycles. The molecule has 0 aliphatic heterocycles. The molecular formula is C11H9BrN4O2. The molecule has 0 spiro atoms. The number of hydrogen-bond acceptors (Lipinski definition) is 4. The number of carbonyl (C=O) groups is 1. The second-order valence-corrected chi connectivity index (χ2v) is 5.11. The maximum absolute atomic E-state index is 11.3. The Morgan fingerprint density at radius 2 is 2.22 bits per heavy atom. The number of aromatic carboxylic acids is 1. The fourth-order valence-corrected chi connectivity index (χ4v) is 2.19. The first-order valence-electron chi connectivity index (χ1n) is 5.48. The lowest BCUT2D eigenvalue weighted by atomic mass is 10.2. The van der Waals surface area contributed by atoms with Crippen molar-refractivity contribution in [1.29, 1.82) is 0 Å². The molecule has 0 unspecified atom stereocenters. The monoisotopic (exact) mass is 308 g/mol. The lowest BCUT2D eigenvalue weighted by Crippen LogP contribution is -2.09. The average Bonchev–Trinajstić information content (AvgIpc) is 3.07. The van der Waals surface area contributed by atoms with Crippen LogP contribution in [0.3, 0.4) is 0 Å². The molecule has 1 fully saturated rings. The average molecular weight is 309 g/mol. The summed E-state index contributed by atoms with van der Waals surface area (Å²) in [4.78, 5) is 11.3. The molecule has 92 valence electrons. The minimum absolute atomic E-state index is 0.179. The van der Waals surface area contributed by atoms with Gasteiger partial charge in [-0.15, -0.1) is 5.10 Å². The highest BCUT2D eigenvalue weighted by Gasteiger charge is 2.30. The Morgan fingerprint density at radius 1 is 1.44 bits per heavy atom. The van der Waals surface area contributed by atoms with E-state index in [0.29, 0.717) is 16.1 Å². The zero-order valence-corrected chi connectivity index (χ0v) is 10.8. The first kappa shape index (κ1) is 11.3. The lowest BCUT2D eigenvalue weighted by Gasteiger charge is -2.07. The normalized spacial score (nSPS) is 14.7. The molecule has 1 N–H and O–H groups in total. The van der Waals surface area contributed by atoms with E-state index in [-0.39, 0.29) is 5.56 Å². The summed E-state index contributed by atoms with van der Waals surface area (Å²) in [5.74, 6) is 0.0914. The summed E-state index contributed by atoms with van der Waals surface area (Å²) in [6.45, 7) is 0. The van der Waals surface area contributed by atoms with E-state index in [1.54, 1.807) is 18.2 Å². The van der Waals surface area contributed by atoms with Gasteiger partial charge in [-0.05, 0) is 41.5 Å². The van der Waals surface area contributed by atoms with Gasteiger partial charge in [0.25, 0.3) is 0 Å². The van der Waals surface area contributed by atoms with E-state index < -0.39 is 5.97 Å². The molecule has 1 aromatic carbocycles. The van der Waals surface area contributed by atoms with Gasteiger partial charge in [0.2, 0.25) is 0 Å².